The van der Waals surface area contributed by atoms with Crippen molar-refractivity contribution in [3.8, 4) is 0 Å². The largest absolute Gasteiger partial charge is 2.00 e. The normalized spacial score (nSPS) is 10.6. The minimum atomic E-state index is -3.75. The molecule has 5 heteroatoms. The van der Waals surface area contributed by atoms with Gasteiger partial charge in [-0.1, -0.05) is 43.0 Å². The molecule has 0 unspecified atom stereocenters. The molecule has 2 aromatic carbocycles. The minimum Gasteiger partial charge on any atom is -1.00 e. The quantitative estimate of drug-likeness (QED) is 0.484. The Morgan fingerprint density at radius 1 is 1.12 bits per heavy atom. The summed E-state index contributed by atoms with van der Waals surface area (Å²) < 4.78 is 28.1. The molecule has 0 aliphatic heterocycles. The summed E-state index contributed by atoms with van der Waals surface area (Å²) in [5.74, 6) is 0. The first-order valence-corrected chi connectivity index (χ1v) is 6.08. The molecule has 3 nitrogen and oxygen atoms in total. The molecule has 17 heavy (non-hydrogen) atoms. The van der Waals surface area contributed by atoms with E-state index in [0.717, 1.165) is 11.6 Å². The van der Waals surface area contributed by atoms with Crippen LogP contribution < -0.4 is 0 Å². The molecule has 0 saturated carbocycles. The van der Waals surface area contributed by atoms with Gasteiger partial charge in [0.05, 0.1) is 6.26 Å². The van der Waals surface area contributed by atoms with Crippen LogP contribution in [0.5, 0.6) is 0 Å². The van der Waals surface area contributed by atoms with Gasteiger partial charge in [0.25, 0.3) is 0 Å². The molecule has 0 amide bonds. The van der Waals surface area contributed by atoms with E-state index in [2.05, 4.69) is 10.8 Å². The maximum atomic E-state index is 11.8. The average molecular weight is 261 g/mol. The second-order valence-corrected chi connectivity index (χ2v) is 4.73. The molecule has 0 aliphatic carbocycles. The molecular formula is C12H12MgO3S. The number of benzene rings is 2. The second-order valence-electron chi connectivity index (χ2n) is 3.19. The third-order valence-electron chi connectivity index (χ3n) is 2.21. The molecule has 86 valence electrons. The Balaban J connectivity index is 0. The molecule has 0 aromatic heterocycles. The van der Waals surface area contributed by atoms with E-state index in [9.17, 15) is 8.42 Å². The van der Waals surface area contributed by atoms with Crippen LogP contribution in [0.1, 0.15) is 2.85 Å². The monoisotopic (exact) mass is 260 g/mol. The van der Waals surface area contributed by atoms with E-state index in [1.165, 1.54) is 6.07 Å². The van der Waals surface area contributed by atoms with Gasteiger partial charge < -0.3 is 7.04 Å². The van der Waals surface area contributed by atoms with E-state index in [0.29, 0.717) is 5.39 Å². The van der Waals surface area contributed by atoms with E-state index < -0.39 is 10.1 Å². The van der Waals surface area contributed by atoms with Crippen molar-refractivity contribution in [1.29, 1.82) is 0 Å². The first kappa shape index (κ1) is 14.0. The Kier molecular flexibility index (Phi) is 4.56. The van der Waals surface area contributed by atoms with Crippen molar-refractivity contribution in [2.75, 3.05) is 0 Å². The molecule has 0 spiro atoms. The number of hydrogen-bond acceptors (Lipinski definition) is 3. The van der Waals surface area contributed by atoms with Crippen LogP contribution in [0, 0.1) is 0 Å². The van der Waals surface area contributed by atoms with Gasteiger partial charge in [-0.3, -0.25) is 0 Å². The molecule has 0 aliphatic rings. The Labute approximate surface area is 119 Å². The van der Waals surface area contributed by atoms with Crippen LogP contribution in [0.2, 0.25) is 0 Å². The van der Waals surface area contributed by atoms with Crippen molar-refractivity contribution < 1.29 is 15.5 Å². The molecule has 0 radical (unpaired) electrons. The maximum Gasteiger partial charge on any atom is 2.00 e. The van der Waals surface area contributed by atoms with E-state index in [1.54, 1.807) is 18.2 Å². The average Bonchev–Trinajstić information content (AvgIpc) is 2.28. The Morgan fingerprint density at radius 2 is 1.76 bits per heavy atom. The van der Waals surface area contributed by atoms with Gasteiger partial charge in [0.2, 0.25) is 0 Å². The van der Waals surface area contributed by atoms with Gasteiger partial charge in [-0.25, -0.2) is 0 Å². The van der Waals surface area contributed by atoms with Crippen molar-refractivity contribution >= 4 is 43.9 Å². The Bertz CT molecular complexity index is 639. The van der Waals surface area contributed by atoms with Gasteiger partial charge in [0.1, 0.15) is 4.90 Å². The van der Waals surface area contributed by atoms with E-state index >= 15 is 0 Å². The number of fused-ring (bicyclic) bond motifs is 1. The molecule has 0 heterocycles. The maximum absolute atomic E-state index is 11.8. The molecule has 0 saturated heterocycles. The zero-order chi connectivity index (χ0) is 11.6. The Hall–Kier alpha value is -1.04. The van der Waals surface area contributed by atoms with E-state index in [-0.39, 0.29) is 30.8 Å². The van der Waals surface area contributed by atoms with Crippen LogP contribution in [0.4, 0.5) is 0 Å². The zero-order valence-electron chi connectivity index (χ0n) is 11.2. The number of rotatable bonds is 3. The topological polar surface area (TPSA) is 43.4 Å². The fourth-order valence-corrected chi connectivity index (χ4v) is 2.54. The third-order valence-corrected chi connectivity index (χ3v) is 3.50. The summed E-state index contributed by atoms with van der Waals surface area (Å²) in [4.78, 5) is 0.158. The molecule has 0 bridgehead atoms. The van der Waals surface area contributed by atoms with Crippen LogP contribution in [0.25, 0.3) is 10.8 Å². The van der Waals surface area contributed by atoms with Crippen LogP contribution in [-0.2, 0) is 14.3 Å². The molecular weight excluding hydrogens is 249 g/mol. The second kappa shape index (κ2) is 5.53. The smallest absolute Gasteiger partial charge is 1.00 e. The van der Waals surface area contributed by atoms with Crippen LogP contribution >= 0.6 is 0 Å². The number of hydrogen-bond donors (Lipinski definition) is 0. The SMILES string of the molecule is C=COS(=O)(=O)c1cccc2ccccc12.[H-].[H-].[Mg+2]. The molecule has 0 atom stereocenters. The van der Waals surface area contributed by atoms with Gasteiger partial charge >= 0.3 is 33.2 Å². The summed E-state index contributed by atoms with van der Waals surface area (Å²) in [7, 11) is -3.75. The fourth-order valence-electron chi connectivity index (χ4n) is 1.56. The first-order chi connectivity index (χ1) is 7.65. The van der Waals surface area contributed by atoms with E-state index in [4.69, 9.17) is 0 Å². The van der Waals surface area contributed by atoms with Crippen molar-refractivity contribution in [3.05, 3.63) is 55.3 Å². The van der Waals surface area contributed by atoms with Gasteiger partial charge in [-0.05, 0) is 11.5 Å². The summed E-state index contributed by atoms with van der Waals surface area (Å²) in [5, 5.41) is 1.50. The van der Waals surface area contributed by atoms with Gasteiger partial charge in [-0.15, -0.1) is 0 Å². The fraction of sp³-hybridized carbons (Fsp3) is 0. The van der Waals surface area contributed by atoms with Crippen LogP contribution in [-0.4, -0.2) is 31.5 Å². The minimum absolute atomic E-state index is 0. The van der Waals surface area contributed by atoms with Crippen molar-refractivity contribution in [3.63, 3.8) is 0 Å². The van der Waals surface area contributed by atoms with Gasteiger partial charge in [0, 0.05) is 5.39 Å². The predicted octanol–water partition coefficient (Wildman–Crippen LogP) is 2.53. The standard InChI is InChI=1S/C12H10O3S.Mg.2H/c1-2-15-16(13,14)12-9-5-7-10-6-3-4-8-11(10)12;;;/h2-9H,1H2;;;/q;+2;2*-1. The summed E-state index contributed by atoms with van der Waals surface area (Å²) in [6.45, 7) is 3.25. The molecule has 0 N–H and O–H groups in total. The van der Waals surface area contributed by atoms with Gasteiger partial charge in [0.15, 0.2) is 0 Å². The predicted molar refractivity (Wildman–Crippen MR) is 70.4 cm³/mol. The summed E-state index contributed by atoms with van der Waals surface area (Å²) in [5.41, 5.74) is 0. The molecule has 2 rings (SSSR count). The molecule has 2 aromatic rings. The van der Waals surface area contributed by atoms with Crippen LogP contribution in [0.3, 0.4) is 0 Å². The summed E-state index contributed by atoms with van der Waals surface area (Å²) in [6, 6.07) is 12.3. The summed E-state index contributed by atoms with van der Waals surface area (Å²) in [6.07, 6.45) is 0.914. The van der Waals surface area contributed by atoms with Crippen molar-refractivity contribution in [1.82, 2.24) is 0 Å². The zero-order valence-corrected chi connectivity index (χ0v) is 11.4. The van der Waals surface area contributed by atoms with Crippen molar-refractivity contribution in [2.24, 2.45) is 0 Å². The first-order valence-electron chi connectivity index (χ1n) is 4.67. The third kappa shape index (κ3) is 2.80. The summed E-state index contributed by atoms with van der Waals surface area (Å²) >= 11 is 0. The van der Waals surface area contributed by atoms with Crippen LogP contribution in [0.15, 0.2) is 60.2 Å². The molecule has 0 fully saturated rings. The van der Waals surface area contributed by atoms with Crippen molar-refractivity contribution in [2.45, 2.75) is 4.90 Å². The van der Waals surface area contributed by atoms with Gasteiger partial charge in [-0.2, -0.15) is 8.42 Å². The van der Waals surface area contributed by atoms with E-state index in [1.807, 2.05) is 18.2 Å². The Morgan fingerprint density at radius 3 is 2.47 bits per heavy atom.